The number of nitrogens with zero attached hydrogens (tertiary/aromatic N) is 1. The first-order valence-corrected chi connectivity index (χ1v) is 5.50. The Morgan fingerprint density at radius 2 is 2.19 bits per heavy atom. The summed E-state index contributed by atoms with van der Waals surface area (Å²) in [5.74, 6) is 0.233. The smallest absolute Gasteiger partial charge is 0.267 e. The highest BCUT2D eigenvalue weighted by molar-refractivity contribution is 5.91. The summed E-state index contributed by atoms with van der Waals surface area (Å²) >= 11 is 0. The molecule has 0 aromatic carbocycles. The van der Waals surface area contributed by atoms with Gasteiger partial charge in [-0.3, -0.25) is 4.79 Å². The maximum Gasteiger partial charge on any atom is 0.267 e. The zero-order valence-electron chi connectivity index (χ0n) is 9.07. The molecule has 1 fully saturated rings. The Bertz CT molecular complexity index is 374. The Kier molecular flexibility index (Phi) is 3.36. The molecular weight excluding hydrogens is 204 g/mol. The maximum atomic E-state index is 11.0. The van der Waals surface area contributed by atoms with Crippen LogP contribution in [-0.4, -0.2) is 30.0 Å². The number of carbonyl (C=O) groups excluding carboxylic acids is 1. The van der Waals surface area contributed by atoms with Crippen molar-refractivity contribution in [2.45, 2.75) is 18.9 Å². The highest BCUT2D eigenvalue weighted by Crippen LogP contribution is 2.11. The van der Waals surface area contributed by atoms with Crippen molar-refractivity contribution in [3.63, 3.8) is 0 Å². The average Bonchev–Trinajstić information content (AvgIpc) is 2.30. The van der Waals surface area contributed by atoms with E-state index in [1.807, 2.05) is 6.07 Å². The van der Waals surface area contributed by atoms with Gasteiger partial charge in [0.05, 0.1) is 0 Å². The Morgan fingerprint density at radius 1 is 1.44 bits per heavy atom. The molecule has 0 aliphatic carbocycles. The Hall–Kier alpha value is -1.62. The van der Waals surface area contributed by atoms with Crippen LogP contribution in [0.1, 0.15) is 23.3 Å². The molecule has 0 bridgehead atoms. The van der Waals surface area contributed by atoms with Gasteiger partial charge in [0.25, 0.3) is 5.91 Å². The molecule has 0 atom stereocenters. The lowest BCUT2D eigenvalue weighted by atomic mass is 10.1. The number of primary amides is 1. The molecule has 1 aliphatic heterocycles. The third-order valence-corrected chi connectivity index (χ3v) is 2.69. The van der Waals surface area contributed by atoms with E-state index in [0.29, 0.717) is 11.7 Å². The number of pyridine rings is 1. The first kappa shape index (κ1) is 10.9. The second kappa shape index (κ2) is 4.94. The van der Waals surface area contributed by atoms with Gasteiger partial charge in [-0.2, -0.15) is 0 Å². The van der Waals surface area contributed by atoms with Crippen LogP contribution in [0.3, 0.4) is 0 Å². The predicted molar refractivity (Wildman–Crippen MR) is 62.3 cm³/mol. The van der Waals surface area contributed by atoms with Gasteiger partial charge in [-0.15, -0.1) is 0 Å². The molecule has 4 N–H and O–H groups in total. The highest BCUT2D eigenvalue weighted by atomic mass is 16.1. The third-order valence-electron chi connectivity index (χ3n) is 2.69. The summed E-state index contributed by atoms with van der Waals surface area (Å²) < 4.78 is 0. The number of rotatable bonds is 3. The van der Waals surface area contributed by atoms with E-state index in [9.17, 15) is 4.79 Å². The average molecular weight is 220 g/mol. The molecule has 5 nitrogen and oxygen atoms in total. The number of aromatic nitrogens is 1. The summed E-state index contributed by atoms with van der Waals surface area (Å²) in [7, 11) is 0. The van der Waals surface area contributed by atoms with Crippen LogP contribution >= 0.6 is 0 Å². The van der Waals surface area contributed by atoms with E-state index in [0.717, 1.165) is 31.7 Å². The third kappa shape index (κ3) is 2.70. The number of hydrogen-bond acceptors (Lipinski definition) is 4. The van der Waals surface area contributed by atoms with Crippen molar-refractivity contribution in [2.75, 3.05) is 18.4 Å². The van der Waals surface area contributed by atoms with Crippen LogP contribution in [0.4, 0.5) is 5.82 Å². The number of carbonyl (C=O) groups is 1. The number of hydrogen-bond donors (Lipinski definition) is 3. The van der Waals surface area contributed by atoms with Crippen LogP contribution in [0, 0.1) is 0 Å². The van der Waals surface area contributed by atoms with Gasteiger partial charge < -0.3 is 16.4 Å². The normalized spacial score (nSPS) is 17.0. The van der Waals surface area contributed by atoms with Crippen LogP contribution in [0.25, 0.3) is 0 Å². The number of nitrogens with two attached hydrogens (primary N) is 1. The van der Waals surface area contributed by atoms with E-state index in [-0.39, 0.29) is 0 Å². The summed E-state index contributed by atoms with van der Waals surface area (Å²) in [6.07, 6.45) is 2.14. The molecular formula is C11H16N4O. The molecule has 2 heterocycles. The van der Waals surface area contributed by atoms with Gasteiger partial charge >= 0.3 is 0 Å². The minimum atomic E-state index is -0.492. The van der Waals surface area contributed by atoms with Crippen molar-refractivity contribution in [3.8, 4) is 0 Å². The molecule has 16 heavy (non-hydrogen) atoms. The van der Waals surface area contributed by atoms with E-state index in [4.69, 9.17) is 5.73 Å². The Morgan fingerprint density at radius 3 is 2.88 bits per heavy atom. The monoisotopic (exact) mass is 220 g/mol. The van der Waals surface area contributed by atoms with E-state index in [1.54, 1.807) is 12.1 Å². The van der Waals surface area contributed by atoms with Crippen LogP contribution in [0.5, 0.6) is 0 Å². The predicted octanol–water partition coefficient (Wildman–Crippen LogP) is 0.344. The van der Waals surface area contributed by atoms with Crippen LogP contribution in [0.2, 0.25) is 0 Å². The van der Waals surface area contributed by atoms with Crippen molar-refractivity contribution in [1.29, 1.82) is 0 Å². The molecule has 1 aromatic heterocycles. The lowest BCUT2D eigenvalue weighted by Crippen LogP contribution is -2.35. The zero-order valence-corrected chi connectivity index (χ0v) is 9.07. The minimum Gasteiger partial charge on any atom is -0.367 e. The van der Waals surface area contributed by atoms with Gasteiger partial charge in [0.1, 0.15) is 11.5 Å². The quantitative estimate of drug-likeness (QED) is 0.686. The van der Waals surface area contributed by atoms with Gasteiger partial charge in [0.15, 0.2) is 0 Å². The molecule has 0 unspecified atom stereocenters. The molecule has 2 rings (SSSR count). The standard InChI is InChI=1S/C11H16N4O/c12-11(16)9-2-1-3-10(15-9)14-8-4-6-13-7-5-8/h1-3,8,13H,4-7H2,(H2,12,16)(H,14,15). The van der Waals surface area contributed by atoms with E-state index >= 15 is 0 Å². The van der Waals surface area contributed by atoms with Crippen LogP contribution < -0.4 is 16.4 Å². The highest BCUT2D eigenvalue weighted by Gasteiger charge is 2.13. The second-order valence-corrected chi connectivity index (χ2v) is 3.94. The fourth-order valence-corrected chi connectivity index (χ4v) is 1.83. The number of anilines is 1. The largest absolute Gasteiger partial charge is 0.367 e. The van der Waals surface area contributed by atoms with E-state index in [2.05, 4.69) is 15.6 Å². The molecule has 86 valence electrons. The molecule has 0 radical (unpaired) electrons. The van der Waals surface area contributed by atoms with E-state index in [1.165, 1.54) is 0 Å². The number of amides is 1. The molecule has 1 amide bonds. The summed E-state index contributed by atoms with van der Waals surface area (Å²) in [4.78, 5) is 15.1. The second-order valence-electron chi connectivity index (χ2n) is 3.94. The summed E-state index contributed by atoms with van der Waals surface area (Å²) in [6, 6.07) is 5.69. The van der Waals surface area contributed by atoms with Crippen LogP contribution in [-0.2, 0) is 0 Å². The first-order valence-electron chi connectivity index (χ1n) is 5.50. The van der Waals surface area contributed by atoms with Crippen LogP contribution in [0.15, 0.2) is 18.2 Å². The van der Waals surface area contributed by atoms with Gasteiger partial charge in [-0.05, 0) is 38.1 Å². The molecule has 0 saturated carbocycles. The van der Waals surface area contributed by atoms with Crippen molar-refractivity contribution in [1.82, 2.24) is 10.3 Å². The summed E-state index contributed by atoms with van der Waals surface area (Å²) in [5, 5.41) is 6.61. The number of piperidine rings is 1. The fraction of sp³-hybridized carbons (Fsp3) is 0.455. The summed E-state index contributed by atoms with van der Waals surface area (Å²) in [5.41, 5.74) is 5.48. The zero-order chi connectivity index (χ0) is 11.4. The summed E-state index contributed by atoms with van der Waals surface area (Å²) in [6.45, 7) is 2.04. The first-order chi connectivity index (χ1) is 7.75. The van der Waals surface area contributed by atoms with Gasteiger partial charge in [-0.1, -0.05) is 6.07 Å². The molecule has 1 saturated heterocycles. The topological polar surface area (TPSA) is 80.0 Å². The van der Waals surface area contributed by atoms with Gasteiger partial charge in [0.2, 0.25) is 0 Å². The van der Waals surface area contributed by atoms with Crippen molar-refractivity contribution >= 4 is 11.7 Å². The van der Waals surface area contributed by atoms with Crippen molar-refractivity contribution in [3.05, 3.63) is 23.9 Å². The molecule has 1 aliphatic rings. The SMILES string of the molecule is NC(=O)c1cccc(NC2CCNCC2)n1. The Labute approximate surface area is 94.4 Å². The minimum absolute atomic E-state index is 0.305. The van der Waals surface area contributed by atoms with E-state index < -0.39 is 5.91 Å². The Balaban J connectivity index is 2.02. The molecule has 5 heteroatoms. The lowest BCUT2D eigenvalue weighted by molar-refractivity contribution is 0.0995. The molecule has 1 aromatic rings. The number of nitrogens with one attached hydrogen (secondary N) is 2. The van der Waals surface area contributed by atoms with Gasteiger partial charge in [-0.25, -0.2) is 4.98 Å². The maximum absolute atomic E-state index is 11.0. The van der Waals surface area contributed by atoms with Crippen molar-refractivity contribution < 1.29 is 4.79 Å². The lowest BCUT2D eigenvalue weighted by Gasteiger charge is -2.24. The fourth-order valence-electron chi connectivity index (χ4n) is 1.83. The molecule has 0 spiro atoms. The van der Waals surface area contributed by atoms with Gasteiger partial charge in [0, 0.05) is 6.04 Å². The van der Waals surface area contributed by atoms with Crippen molar-refractivity contribution in [2.24, 2.45) is 5.73 Å².